The first-order chi connectivity index (χ1) is 8.17. The molecular formula is C16H20O. The molecule has 1 heteroatoms. The van der Waals surface area contributed by atoms with Crippen molar-refractivity contribution in [1.82, 2.24) is 0 Å². The second-order valence-electron chi connectivity index (χ2n) is 4.79. The predicted octanol–water partition coefficient (Wildman–Crippen LogP) is 3.93. The summed E-state index contributed by atoms with van der Waals surface area (Å²) in [6.45, 7) is 4.09. The maximum Gasteiger partial charge on any atom is 0.0682 e. The number of benzene rings is 2. The fourth-order valence-electron chi connectivity index (χ4n) is 2.23. The van der Waals surface area contributed by atoms with Crippen LogP contribution in [-0.2, 0) is 6.42 Å². The Kier molecular flexibility index (Phi) is 3.49. The molecule has 2 rings (SSSR count). The second kappa shape index (κ2) is 4.89. The van der Waals surface area contributed by atoms with E-state index in [0.29, 0.717) is 0 Å². The highest BCUT2D eigenvalue weighted by atomic mass is 16.3. The minimum atomic E-state index is -0.553. The standard InChI is InChI=1S/C16H20O/c1-3-16(17,4-2)12-13-9-10-14-7-5-6-8-15(14)11-13/h5-11,17H,3-4,12H2,1-2H3. The van der Waals surface area contributed by atoms with E-state index in [2.05, 4.69) is 42.5 Å². The molecule has 0 radical (unpaired) electrons. The summed E-state index contributed by atoms with van der Waals surface area (Å²) >= 11 is 0. The van der Waals surface area contributed by atoms with Crippen LogP contribution < -0.4 is 0 Å². The van der Waals surface area contributed by atoms with Gasteiger partial charge in [-0.2, -0.15) is 0 Å². The largest absolute Gasteiger partial charge is 0.390 e. The third kappa shape index (κ3) is 2.67. The maximum absolute atomic E-state index is 10.4. The highest BCUT2D eigenvalue weighted by Gasteiger charge is 2.22. The van der Waals surface area contributed by atoms with E-state index < -0.39 is 5.60 Å². The smallest absolute Gasteiger partial charge is 0.0682 e. The molecule has 0 spiro atoms. The molecule has 0 saturated heterocycles. The first-order valence-corrected chi connectivity index (χ1v) is 6.37. The van der Waals surface area contributed by atoms with Gasteiger partial charge in [0.05, 0.1) is 5.60 Å². The predicted molar refractivity (Wildman–Crippen MR) is 73.2 cm³/mol. The van der Waals surface area contributed by atoms with E-state index in [4.69, 9.17) is 0 Å². The van der Waals surface area contributed by atoms with Gasteiger partial charge >= 0.3 is 0 Å². The summed E-state index contributed by atoms with van der Waals surface area (Å²) in [4.78, 5) is 0. The Morgan fingerprint density at radius 1 is 0.941 bits per heavy atom. The van der Waals surface area contributed by atoms with Crippen LogP contribution in [0.4, 0.5) is 0 Å². The summed E-state index contributed by atoms with van der Waals surface area (Å²) in [5.41, 5.74) is 0.664. The molecule has 0 aromatic heterocycles. The molecule has 0 aliphatic rings. The number of rotatable bonds is 4. The lowest BCUT2D eigenvalue weighted by atomic mass is 9.89. The van der Waals surface area contributed by atoms with Crippen LogP contribution in [0.1, 0.15) is 32.3 Å². The van der Waals surface area contributed by atoms with Gasteiger partial charge in [0.1, 0.15) is 0 Å². The zero-order valence-corrected chi connectivity index (χ0v) is 10.6. The maximum atomic E-state index is 10.4. The number of fused-ring (bicyclic) bond motifs is 1. The molecular weight excluding hydrogens is 208 g/mol. The van der Waals surface area contributed by atoms with Crippen molar-refractivity contribution in [3.63, 3.8) is 0 Å². The van der Waals surface area contributed by atoms with Crippen molar-refractivity contribution in [3.05, 3.63) is 48.0 Å². The monoisotopic (exact) mass is 228 g/mol. The van der Waals surface area contributed by atoms with Crippen LogP contribution in [0.2, 0.25) is 0 Å². The zero-order valence-electron chi connectivity index (χ0n) is 10.6. The van der Waals surface area contributed by atoms with Crippen molar-refractivity contribution < 1.29 is 5.11 Å². The van der Waals surface area contributed by atoms with Gasteiger partial charge in [-0.1, -0.05) is 56.3 Å². The summed E-state index contributed by atoms with van der Waals surface area (Å²) in [6, 6.07) is 14.8. The minimum Gasteiger partial charge on any atom is -0.390 e. The van der Waals surface area contributed by atoms with Crippen molar-refractivity contribution in [1.29, 1.82) is 0 Å². The van der Waals surface area contributed by atoms with Crippen molar-refractivity contribution in [2.45, 2.75) is 38.7 Å². The summed E-state index contributed by atoms with van der Waals surface area (Å²) in [7, 11) is 0. The first-order valence-electron chi connectivity index (χ1n) is 6.37. The van der Waals surface area contributed by atoms with Crippen molar-refractivity contribution in [2.24, 2.45) is 0 Å². The average Bonchev–Trinajstić information content (AvgIpc) is 2.38. The van der Waals surface area contributed by atoms with Crippen LogP contribution in [0.25, 0.3) is 10.8 Å². The van der Waals surface area contributed by atoms with Gasteiger partial charge in [-0.15, -0.1) is 0 Å². The second-order valence-corrected chi connectivity index (χ2v) is 4.79. The Balaban J connectivity index is 2.31. The normalized spacial score (nSPS) is 11.9. The molecule has 2 aromatic rings. The van der Waals surface area contributed by atoms with Gasteiger partial charge in [-0.25, -0.2) is 0 Å². The van der Waals surface area contributed by atoms with Crippen LogP contribution in [-0.4, -0.2) is 10.7 Å². The van der Waals surface area contributed by atoms with E-state index >= 15 is 0 Å². The molecule has 90 valence electrons. The van der Waals surface area contributed by atoms with Crippen molar-refractivity contribution in [3.8, 4) is 0 Å². The van der Waals surface area contributed by atoms with Crippen molar-refractivity contribution in [2.75, 3.05) is 0 Å². The van der Waals surface area contributed by atoms with Gasteiger partial charge in [-0.05, 0) is 29.2 Å². The van der Waals surface area contributed by atoms with E-state index in [1.165, 1.54) is 16.3 Å². The minimum absolute atomic E-state index is 0.553. The zero-order chi connectivity index (χ0) is 12.3. The molecule has 0 fully saturated rings. The Morgan fingerprint density at radius 2 is 1.59 bits per heavy atom. The third-order valence-corrected chi connectivity index (χ3v) is 3.66. The van der Waals surface area contributed by atoms with E-state index in [9.17, 15) is 5.11 Å². The molecule has 0 heterocycles. The summed E-state index contributed by atoms with van der Waals surface area (Å²) in [5, 5.41) is 12.9. The molecule has 17 heavy (non-hydrogen) atoms. The molecule has 0 bridgehead atoms. The fourth-order valence-corrected chi connectivity index (χ4v) is 2.23. The average molecular weight is 228 g/mol. The van der Waals surface area contributed by atoms with Crippen molar-refractivity contribution >= 4 is 10.8 Å². The molecule has 0 aliphatic heterocycles. The number of hydrogen-bond acceptors (Lipinski definition) is 1. The van der Waals surface area contributed by atoms with Crippen LogP contribution >= 0.6 is 0 Å². The van der Waals surface area contributed by atoms with Crippen LogP contribution in [0, 0.1) is 0 Å². The number of hydrogen-bond donors (Lipinski definition) is 1. The molecule has 0 aliphatic carbocycles. The lowest BCUT2D eigenvalue weighted by Crippen LogP contribution is -2.29. The van der Waals surface area contributed by atoms with Gasteiger partial charge in [-0.3, -0.25) is 0 Å². The summed E-state index contributed by atoms with van der Waals surface area (Å²) in [6.07, 6.45) is 2.34. The Labute approximate surface area is 103 Å². The molecule has 1 nitrogen and oxygen atoms in total. The summed E-state index contributed by atoms with van der Waals surface area (Å²) in [5.74, 6) is 0. The van der Waals surface area contributed by atoms with E-state index in [1.807, 2.05) is 13.8 Å². The molecule has 0 unspecified atom stereocenters. The fraction of sp³-hybridized carbons (Fsp3) is 0.375. The SMILES string of the molecule is CCC(O)(CC)Cc1ccc2ccccc2c1. The van der Waals surface area contributed by atoms with Gasteiger partial charge in [0, 0.05) is 6.42 Å². The van der Waals surface area contributed by atoms with Gasteiger partial charge in [0.2, 0.25) is 0 Å². The van der Waals surface area contributed by atoms with Crippen LogP contribution in [0.3, 0.4) is 0 Å². The Morgan fingerprint density at radius 3 is 2.24 bits per heavy atom. The molecule has 1 N–H and O–H groups in total. The molecule has 0 amide bonds. The highest BCUT2D eigenvalue weighted by molar-refractivity contribution is 5.83. The lowest BCUT2D eigenvalue weighted by Gasteiger charge is -2.25. The first kappa shape index (κ1) is 12.1. The van der Waals surface area contributed by atoms with Crippen LogP contribution in [0.15, 0.2) is 42.5 Å². The van der Waals surface area contributed by atoms with Crippen LogP contribution in [0.5, 0.6) is 0 Å². The third-order valence-electron chi connectivity index (χ3n) is 3.66. The van der Waals surface area contributed by atoms with E-state index in [-0.39, 0.29) is 0 Å². The molecule has 2 aromatic carbocycles. The topological polar surface area (TPSA) is 20.2 Å². The van der Waals surface area contributed by atoms with Gasteiger partial charge < -0.3 is 5.11 Å². The molecule has 0 saturated carbocycles. The summed E-state index contributed by atoms with van der Waals surface area (Å²) < 4.78 is 0. The van der Waals surface area contributed by atoms with E-state index in [0.717, 1.165) is 19.3 Å². The van der Waals surface area contributed by atoms with E-state index in [1.54, 1.807) is 0 Å². The number of aliphatic hydroxyl groups is 1. The quantitative estimate of drug-likeness (QED) is 0.840. The highest BCUT2D eigenvalue weighted by Crippen LogP contribution is 2.23. The van der Waals surface area contributed by atoms with Gasteiger partial charge in [0.25, 0.3) is 0 Å². The Hall–Kier alpha value is -1.34. The lowest BCUT2D eigenvalue weighted by molar-refractivity contribution is 0.0327. The van der Waals surface area contributed by atoms with Gasteiger partial charge in [0.15, 0.2) is 0 Å². The molecule has 0 atom stereocenters. The Bertz CT molecular complexity index is 498.